The molecule has 0 unspecified atom stereocenters. The summed E-state index contributed by atoms with van der Waals surface area (Å²) in [7, 11) is 3.24. The average Bonchev–Trinajstić information content (AvgIpc) is 3.36. The quantitative estimate of drug-likeness (QED) is 0.372. The molecule has 0 radical (unpaired) electrons. The molecule has 0 aliphatic carbocycles. The lowest BCUT2D eigenvalue weighted by molar-refractivity contribution is -0.118. The van der Waals surface area contributed by atoms with Gasteiger partial charge in [-0.15, -0.1) is 23.7 Å². The van der Waals surface area contributed by atoms with Crippen molar-refractivity contribution in [3.63, 3.8) is 0 Å². The minimum absolute atomic E-state index is 0. The summed E-state index contributed by atoms with van der Waals surface area (Å²) in [5.41, 5.74) is 0.705. The van der Waals surface area contributed by atoms with E-state index < -0.39 is 0 Å². The van der Waals surface area contributed by atoms with Crippen LogP contribution in [0, 0.1) is 0 Å². The summed E-state index contributed by atoms with van der Waals surface area (Å²) in [4.78, 5) is 23.0. The van der Waals surface area contributed by atoms with Crippen LogP contribution >= 0.6 is 46.7 Å². The first-order valence-corrected chi connectivity index (χ1v) is 11.8. The molecule has 2 heterocycles. The van der Waals surface area contributed by atoms with Crippen LogP contribution in [0.5, 0.6) is 11.5 Å². The van der Waals surface area contributed by atoms with Crippen LogP contribution in [0.2, 0.25) is 4.34 Å². The normalized spacial score (nSPS) is 10.9. The molecule has 0 aliphatic heterocycles. The van der Waals surface area contributed by atoms with Crippen LogP contribution in [0.3, 0.4) is 0 Å². The maximum Gasteiger partial charge on any atom is 0.234 e. The Hall–Kier alpha value is -1.58. The third-order valence-electron chi connectivity index (χ3n) is 4.92. The van der Waals surface area contributed by atoms with Gasteiger partial charge in [-0.3, -0.25) is 9.69 Å². The molecule has 6 nitrogen and oxygen atoms in total. The highest BCUT2D eigenvalue weighted by Crippen LogP contribution is 2.40. The molecule has 0 spiro atoms. The number of rotatable bonds is 10. The fraction of sp³-hybridized carbons (Fsp3) is 0.429. The summed E-state index contributed by atoms with van der Waals surface area (Å²) in [6.45, 7) is 7.44. The number of halogens is 2. The second kappa shape index (κ2) is 11.9. The lowest BCUT2D eigenvalue weighted by atomic mass is 10.3. The molecule has 3 rings (SSSR count). The highest BCUT2D eigenvalue weighted by molar-refractivity contribution is 7.22. The van der Waals surface area contributed by atoms with Gasteiger partial charge >= 0.3 is 0 Å². The summed E-state index contributed by atoms with van der Waals surface area (Å²) < 4.78 is 12.5. The van der Waals surface area contributed by atoms with Crippen LogP contribution in [0.4, 0.5) is 5.13 Å². The number of hydrogen-bond acceptors (Lipinski definition) is 7. The predicted octanol–water partition coefficient (Wildman–Crippen LogP) is 5.37. The zero-order valence-electron chi connectivity index (χ0n) is 18.0. The minimum atomic E-state index is -0.00216. The number of anilines is 1. The Kier molecular flexibility index (Phi) is 9.84. The number of methoxy groups -OCH3 is 2. The molecule has 0 atom stereocenters. The van der Waals surface area contributed by atoms with Crippen LogP contribution in [0.1, 0.15) is 18.7 Å². The van der Waals surface area contributed by atoms with Gasteiger partial charge in [0.2, 0.25) is 5.91 Å². The fourth-order valence-corrected chi connectivity index (χ4v) is 5.39. The summed E-state index contributed by atoms with van der Waals surface area (Å²) in [6, 6.07) is 7.42. The fourth-order valence-electron chi connectivity index (χ4n) is 3.19. The number of benzene rings is 1. The number of thiophene rings is 1. The smallest absolute Gasteiger partial charge is 0.234 e. The van der Waals surface area contributed by atoms with E-state index in [0.29, 0.717) is 33.7 Å². The van der Waals surface area contributed by atoms with Crippen LogP contribution in [0.25, 0.3) is 10.2 Å². The molecule has 170 valence electrons. The van der Waals surface area contributed by atoms with Crippen molar-refractivity contribution in [3.8, 4) is 11.5 Å². The number of fused-ring (bicyclic) bond motifs is 1. The largest absolute Gasteiger partial charge is 0.495 e. The van der Waals surface area contributed by atoms with Crippen molar-refractivity contribution in [2.24, 2.45) is 0 Å². The molecule has 0 saturated carbocycles. The second-order valence-corrected chi connectivity index (χ2v) is 9.38. The maximum atomic E-state index is 13.3. The number of thiazole rings is 1. The van der Waals surface area contributed by atoms with Crippen molar-refractivity contribution in [2.45, 2.75) is 20.3 Å². The second-order valence-electron chi connectivity index (χ2n) is 6.60. The standard InChI is InChI=1S/C21H26ClN3O3S2.ClH/c1-5-24(6-2)11-12-25(18(26)13-14-7-10-17(22)29-14)21-23-19-15(27-3)8-9-16(28-4)20(19)30-21;/h7-10H,5-6,11-13H2,1-4H3;1H. The summed E-state index contributed by atoms with van der Waals surface area (Å²) in [5.74, 6) is 1.38. The Bertz CT molecular complexity index is 964. The van der Waals surface area contributed by atoms with Crippen LogP contribution in [-0.2, 0) is 11.2 Å². The molecule has 0 fully saturated rings. The van der Waals surface area contributed by atoms with Gasteiger partial charge in [0.15, 0.2) is 5.13 Å². The van der Waals surface area contributed by atoms with Crippen molar-refractivity contribution in [3.05, 3.63) is 33.5 Å². The number of aromatic nitrogens is 1. The number of ether oxygens (including phenoxy) is 2. The SMILES string of the molecule is CCN(CC)CCN(C(=O)Cc1ccc(Cl)s1)c1nc2c(OC)ccc(OC)c2s1.Cl. The van der Waals surface area contributed by atoms with Crippen LogP contribution < -0.4 is 14.4 Å². The highest BCUT2D eigenvalue weighted by Gasteiger charge is 2.23. The predicted molar refractivity (Wildman–Crippen MR) is 133 cm³/mol. The molecule has 10 heteroatoms. The molecule has 2 aromatic heterocycles. The number of likely N-dealkylation sites (N-methyl/N-ethyl adjacent to an activating group) is 1. The Morgan fingerprint density at radius 1 is 1.03 bits per heavy atom. The van der Waals surface area contributed by atoms with E-state index >= 15 is 0 Å². The lowest BCUT2D eigenvalue weighted by Crippen LogP contribution is -2.39. The van der Waals surface area contributed by atoms with E-state index in [2.05, 4.69) is 18.7 Å². The first kappa shape index (κ1) is 25.7. The van der Waals surface area contributed by atoms with Gasteiger partial charge in [0.1, 0.15) is 21.7 Å². The first-order valence-electron chi connectivity index (χ1n) is 9.79. The van der Waals surface area contributed by atoms with Crippen molar-refractivity contribution >= 4 is 67.9 Å². The van der Waals surface area contributed by atoms with E-state index in [9.17, 15) is 4.79 Å². The van der Waals surface area contributed by atoms with Crippen LogP contribution in [-0.4, -0.2) is 56.2 Å². The minimum Gasteiger partial charge on any atom is -0.495 e. The summed E-state index contributed by atoms with van der Waals surface area (Å²) >= 11 is 8.92. The third-order valence-corrected chi connectivity index (χ3v) is 7.24. The Morgan fingerprint density at radius 2 is 1.71 bits per heavy atom. The zero-order valence-corrected chi connectivity index (χ0v) is 21.2. The van der Waals surface area contributed by atoms with E-state index in [-0.39, 0.29) is 18.3 Å². The van der Waals surface area contributed by atoms with Crippen molar-refractivity contribution < 1.29 is 14.3 Å². The number of carbonyl (C=O) groups excluding carboxylic acids is 1. The van der Waals surface area contributed by atoms with Gasteiger partial charge in [0.05, 0.1) is 25.0 Å². The van der Waals surface area contributed by atoms with Crippen LogP contribution in [0.15, 0.2) is 24.3 Å². The molecule has 0 bridgehead atoms. The molecule has 31 heavy (non-hydrogen) atoms. The number of carbonyl (C=O) groups is 1. The Balaban J connectivity index is 0.00000341. The van der Waals surface area contributed by atoms with Gasteiger partial charge in [0, 0.05) is 18.0 Å². The van der Waals surface area contributed by atoms with Crippen molar-refractivity contribution in [1.82, 2.24) is 9.88 Å². The number of amides is 1. The van der Waals surface area contributed by atoms with E-state index in [1.807, 2.05) is 24.3 Å². The van der Waals surface area contributed by atoms with Gasteiger partial charge in [-0.05, 0) is 37.4 Å². The average molecular weight is 505 g/mol. The molecule has 0 saturated heterocycles. The van der Waals surface area contributed by atoms with Crippen molar-refractivity contribution in [2.75, 3.05) is 45.3 Å². The number of nitrogens with zero attached hydrogens (tertiary/aromatic N) is 3. The Labute approximate surface area is 202 Å². The summed E-state index contributed by atoms with van der Waals surface area (Å²) in [5, 5.41) is 0.646. The molecule has 1 amide bonds. The van der Waals surface area contributed by atoms with E-state index in [4.69, 9.17) is 26.1 Å². The van der Waals surface area contributed by atoms with E-state index in [1.165, 1.54) is 22.7 Å². The monoisotopic (exact) mass is 503 g/mol. The van der Waals surface area contributed by atoms with Gasteiger partial charge in [-0.2, -0.15) is 0 Å². The topological polar surface area (TPSA) is 54.9 Å². The third kappa shape index (κ3) is 6.02. The van der Waals surface area contributed by atoms with E-state index in [1.54, 1.807) is 19.1 Å². The molecule has 0 N–H and O–H groups in total. The van der Waals surface area contributed by atoms with Crippen molar-refractivity contribution in [1.29, 1.82) is 0 Å². The van der Waals surface area contributed by atoms with Gasteiger partial charge < -0.3 is 14.4 Å². The molecule has 0 aliphatic rings. The Morgan fingerprint density at radius 3 is 2.29 bits per heavy atom. The number of hydrogen-bond donors (Lipinski definition) is 0. The van der Waals surface area contributed by atoms with Gasteiger partial charge in [0.25, 0.3) is 0 Å². The molecular formula is C21H27Cl2N3O3S2. The van der Waals surface area contributed by atoms with E-state index in [0.717, 1.165) is 35.0 Å². The first-order chi connectivity index (χ1) is 14.5. The van der Waals surface area contributed by atoms with Gasteiger partial charge in [-0.25, -0.2) is 4.98 Å². The maximum absolute atomic E-state index is 13.3. The molecule has 1 aromatic carbocycles. The molecular weight excluding hydrogens is 477 g/mol. The zero-order chi connectivity index (χ0) is 21.7. The van der Waals surface area contributed by atoms with Gasteiger partial charge in [-0.1, -0.05) is 36.8 Å². The molecule has 3 aromatic rings. The lowest BCUT2D eigenvalue weighted by Gasteiger charge is -2.24. The highest BCUT2D eigenvalue weighted by atomic mass is 35.5. The summed E-state index contributed by atoms with van der Waals surface area (Å²) in [6.07, 6.45) is 0.291.